The molecular formula is C17H30N4O4. The Morgan fingerprint density at radius 3 is 2.72 bits per heavy atom. The van der Waals surface area contributed by atoms with E-state index in [-0.39, 0.29) is 0 Å². The number of carbonyl (C=O) groups excluding carboxylic acids is 1. The maximum Gasteiger partial charge on any atom is 0.341 e. The maximum atomic E-state index is 11.6. The minimum atomic E-state index is -0.397. The van der Waals surface area contributed by atoms with Crippen LogP contribution >= 0.6 is 0 Å². The fourth-order valence-corrected chi connectivity index (χ4v) is 2.29. The summed E-state index contributed by atoms with van der Waals surface area (Å²) in [5.74, 6) is 1.48. The molecular weight excluding hydrogens is 324 g/mol. The fraction of sp³-hybridized carbons (Fsp3) is 0.647. The molecule has 0 amide bonds. The Morgan fingerprint density at radius 1 is 1.32 bits per heavy atom. The Labute approximate surface area is 149 Å². The highest BCUT2D eigenvalue weighted by Gasteiger charge is 2.15. The number of furan rings is 1. The van der Waals surface area contributed by atoms with Gasteiger partial charge in [0.25, 0.3) is 0 Å². The summed E-state index contributed by atoms with van der Waals surface area (Å²) >= 11 is 0. The topological polar surface area (TPSA) is 88.3 Å². The van der Waals surface area contributed by atoms with Crippen LogP contribution in [0.2, 0.25) is 0 Å². The van der Waals surface area contributed by atoms with Crippen LogP contribution in [0.4, 0.5) is 0 Å². The second-order valence-electron chi connectivity index (χ2n) is 5.68. The van der Waals surface area contributed by atoms with Gasteiger partial charge in [-0.2, -0.15) is 0 Å². The summed E-state index contributed by atoms with van der Waals surface area (Å²) in [6.45, 7) is 5.61. The quantitative estimate of drug-likeness (QED) is 0.280. The molecule has 1 aromatic heterocycles. The average molecular weight is 354 g/mol. The zero-order chi connectivity index (χ0) is 18.7. The first-order valence-corrected chi connectivity index (χ1v) is 8.31. The lowest BCUT2D eigenvalue weighted by molar-refractivity contribution is 0.0599. The van der Waals surface area contributed by atoms with Gasteiger partial charge in [-0.3, -0.25) is 4.99 Å². The van der Waals surface area contributed by atoms with E-state index in [1.54, 1.807) is 27.1 Å². The fourth-order valence-electron chi connectivity index (χ4n) is 2.29. The van der Waals surface area contributed by atoms with Crippen molar-refractivity contribution in [2.75, 3.05) is 54.6 Å². The smallest absolute Gasteiger partial charge is 0.341 e. The molecule has 0 saturated heterocycles. The number of hydrogen-bond donors (Lipinski definition) is 2. The minimum absolute atomic E-state index is 0.397. The lowest BCUT2D eigenvalue weighted by Gasteiger charge is -2.17. The van der Waals surface area contributed by atoms with E-state index in [1.165, 1.54) is 7.11 Å². The number of likely N-dealkylation sites (N-methyl/N-ethyl adjacent to an activating group) is 1. The average Bonchev–Trinajstić information content (AvgIpc) is 2.98. The predicted molar refractivity (Wildman–Crippen MR) is 97.0 cm³/mol. The van der Waals surface area contributed by atoms with E-state index in [9.17, 15) is 4.79 Å². The first-order valence-electron chi connectivity index (χ1n) is 8.31. The van der Waals surface area contributed by atoms with E-state index in [2.05, 4.69) is 27.6 Å². The Hall–Kier alpha value is -2.06. The molecule has 0 saturated carbocycles. The van der Waals surface area contributed by atoms with Crippen LogP contribution < -0.4 is 10.6 Å². The molecule has 8 nitrogen and oxygen atoms in total. The number of hydrogen-bond acceptors (Lipinski definition) is 6. The van der Waals surface area contributed by atoms with Gasteiger partial charge in [-0.15, -0.1) is 0 Å². The summed E-state index contributed by atoms with van der Waals surface area (Å²) in [4.78, 5) is 18.0. The van der Waals surface area contributed by atoms with Gasteiger partial charge < -0.3 is 29.4 Å². The number of aryl methyl sites for hydroxylation is 1. The zero-order valence-electron chi connectivity index (χ0n) is 15.8. The summed E-state index contributed by atoms with van der Waals surface area (Å²) in [5.41, 5.74) is 0.444. The van der Waals surface area contributed by atoms with Gasteiger partial charge >= 0.3 is 5.97 Å². The third-order valence-corrected chi connectivity index (χ3v) is 3.70. The van der Waals surface area contributed by atoms with Crippen molar-refractivity contribution in [3.8, 4) is 0 Å². The second kappa shape index (κ2) is 11.5. The van der Waals surface area contributed by atoms with Crippen LogP contribution in [0.3, 0.4) is 0 Å². The number of aliphatic imine (C=N–C) groups is 1. The third kappa shape index (κ3) is 7.57. The molecule has 0 bridgehead atoms. The number of ether oxygens (including phenoxy) is 2. The van der Waals surface area contributed by atoms with E-state index < -0.39 is 5.97 Å². The van der Waals surface area contributed by atoms with Gasteiger partial charge in [0.15, 0.2) is 5.96 Å². The summed E-state index contributed by atoms with van der Waals surface area (Å²) < 4.78 is 15.3. The molecule has 0 spiro atoms. The summed E-state index contributed by atoms with van der Waals surface area (Å²) in [7, 11) is 6.86. The van der Waals surface area contributed by atoms with Gasteiger partial charge in [0.05, 0.1) is 13.7 Å². The van der Waals surface area contributed by atoms with E-state index >= 15 is 0 Å². The van der Waals surface area contributed by atoms with Gasteiger partial charge in [0.2, 0.25) is 0 Å². The summed E-state index contributed by atoms with van der Waals surface area (Å²) in [6.07, 6.45) is 1.01. The molecule has 1 aromatic rings. The normalized spacial score (nSPS) is 11.7. The number of esters is 1. The van der Waals surface area contributed by atoms with E-state index in [0.29, 0.717) is 29.6 Å². The molecule has 1 rings (SSSR count). The van der Waals surface area contributed by atoms with Crippen molar-refractivity contribution in [1.29, 1.82) is 0 Å². The number of nitrogens with zero attached hydrogens (tertiary/aromatic N) is 2. The highest BCUT2D eigenvalue weighted by molar-refractivity contribution is 5.90. The summed E-state index contributed by atoms with van der Waals surface area (Å²) in [5, 5.41) is 6.41. The SMILES string of the molecule is CN=C(NCCN(C)CCCOC)NCc1cc(C(=O)OC)c(C)o1. The second-order valence-corrected chi connectivity index (χ2v) is 5.68. The van der Waals surface area contributed by atoms with Crippen molar-refractivity contribution in [3.05, 3.63) is 23.2 Å². The lowest BCUT2D eigenvalue weighted by atomic mass is 10.2. The molecule has 0 fully saturated rings. The van der Waals surface area contributed by atoms with E-state index in [4.69, 9.17) is 13.9 Å². The first-order chi connectivity index (χ1) is 12.0. The van der Waals surface area contributed by atoms with Crippen molar-refractivity contribution in [2.45, 2.75) is 19.9 Å². The van der Waals surface area contributed by atoms with Crippen LogP contribution in [-0.4, -0.2) is 71.4 Å². The van der Waals surface area contributed by atoms with Crippen molar-refractivity contribution in [1.82, 2.24) is 15.5 Å². The van der Waals surface area contributed by atoms with Crippen LogP contribution in [0.5, 0.6) is 0 Å². The van der Waals surface area contributed by atoms with Crippen molar-refractivity contribution >= 4 is 11.9 Å². The zero-order valence-corrected chi connectivity index (χ0v) is 15.8. The molecule has 0 radical (unpaired) electrons. The monoisotopic (exact) mass is 354 g/mol. The highest BCUT2D eigenvalue weighted by Crippen LogP contribution is 2.15. The molecule has 1 heterocycles. The Balaban J connectivity index is 2.36. The number of rotatable bonds is 10. The lowest BCUT2D eigenvalue weighted by Crippen LogP contribution is -2.40. The predicted octanol–water partition coefficient (Wildman–Crippen LogP) is 1.01. The number of guanidine groups is 1. The van der Waals surface area contributed by atoms with Crippen molar-refractivity contribution < 1.29 is 18.7 Å². The molecule has 0 unspecified atom stereocenters. The van der Waals surface area contributed by atoms with Crippen LogP contribution in [0.1, 0.15) is 28.3 Å². The van der Waals surface area contributed by atoms with Gasteiger partial charge in [-0.1, -0.05) is 0 Å². The molecule has 0 aliphatic heterocycles. The standard InChI is InChI=1S/C17H30N4O4/c1-13-15(16(22)24-5)11-14(25-13)12-20-17(18-2)19-7-9-21(3)8-6-10-23-4/h11H,6-10,12H2,1-5H3,(H2,18,19,20). The van der Waals surface area contributed by atoms with Gasteiger partial charge in [0, 0.05) is 40.4 Å². The highest BCUT2D eigenvalue weighted by atomic mass is 16.5. The molecule has 2 N–H and O–H groups in total. The Kier molecular flexibility index (Phi) is 9.64. The number of carbonyl (C=O) groups is 1. The molecule has 0 aliphatic carbocycles. The van der Waals surface area contributed by atoms with Crippen LogP contribution in [0, 0.1) is 6.92 Å². The van der Waals surface area contributed by atoms with Crippen LogP contribution in [0.15, 0.2) is 15.5 Å². The Morgan fingerprint density at radius 2 is 2.08 bits per heavy atom. The Bertz CT molecular complexity index is 557. The van der Waals surface area contributed by atoms with Gasteiger partial charge in [-0.05, 0) is 26.5 Å². The van der Waals surface area contributed by atoms with E-state index in [0.717, 1.165) is 32.7 Å². The van der Waals surface area contributed by atoms with Crippen LogP contribution in [-0.2, 0) is 16.0 Å². The molecule has 8 heteroatoms. The third-order valence-electron chi connectivity index (χ3n) is 3.70. The maximum absolute atomic E-state index is 11.6. The van der Waals surface area contributed by atoms with Gasteiger partial charge in [-0.25, -0.2) is 4.79 Å². The number of methoxy groups -OCH3 is 2. The van der Waals surface area contributed by atoms with Crippen LogP contribution in [0.25, 0.3) is 0 Å². The largest absolute Gasteiger partial charge is 0.465 e. The molecule has 0 aromatic carbocycles. The van der Waals surface area contributed by atoms with Gasteiger partial charge in [0.1, 0.15) is 17.1 Å². The minimum Gasteiger partial charge on any atom is -0.465 e. The molecule has 142 valence electrons. The summed E-state index contributed by atoms with van der Waals surface area (Å²) in [6, 6.07) is 1.69. The molecule has 25 heavy (non-hydrogen) atoms. The van der Waals surface area contributed by atoms with E-state index in [1.807, 2.05) is 0 Å². The molecule has 0 atom stereocenters. The first kappa shape index (κ1) is 21.0. The number of nitrogens with one attached hydrogen (secondary N) is 2. The van der Waals surface area contributed by atoms with Crippen molar-refractivity contribution in [3.63, 3.8) is 0 Å². The molecule has 0 aliphatic rings. The van der Waals surface area contributed by atoms with Crippen molar-refractivity contribution in [2.24, 2.45) is 4.99 Å².